The summed E-state index contributed by atoms with van der Waals surface area (Å²) in [4.78, 5) is 29.9. The highest BCUT2D eigenvalue weighted by molar-refractivity contribution is 8.26. The van der Waals surface area contributed by atoms with Gasteiger partial charge < -0.3 is 4.90 Å². The lowest BCUT2D eigenvalue weighted by Crippen LogP contribution is -2.34. The van der Waals surface area contributed by atoms with Crippen LogP contribution in [0.1, 0.15) is 50.8 Å². The topological polar surface area (TPSA) is 69.3 Å². The number of nitrogens with zero attached hydrogens (tertiary/aromatic N) is 4. The monoisotopic (exact) mass is 418 g/mol. The SMILES string of the molecule is CCCN1C(=O)/C(=C/c2c(C)c(C#N)c(=O)n(CC)c2N(CC)CC)SC1=S. The number of aromatic nitrogens is 1. The second-order valence-corrected chi connectivity index (χ2v) is 8.08. The van der Waals surface area contributed by atoms with Crippen LogP contribution in [0.3, 0.4) is 0 Å². The van der Waals surface area contributed by atoms with E-state index in [9.17, 15) is 14.9 Å². The van der Waals surface area contributed by atoms with Gasteiger partial charge in [-0.05, 0) is 45.8 Å². The summed E-state index contributed by atoms with van der Waals surface area (Å²) in [5.74, 6) is 0.629. The van der Waals surface area contributed by atoms with E-state index in [4.69, 9.17) is 12.2 Å². The lowest BCUT2D eigenvalue weighted by Gasteiger charge is -2.28. The third-order valence-electron chi connectivity index (χ3n) is 4.82. The molecule has 0 saturated carbocycles. The molecule has 0 unspecified atom stereocenters. The van der Waals surface area contributed by atoms with Crippen molar-refractivity contribution in [3.63, 3.8) is 0 Å². The Morgan fingerprint density at radius 3 is 2.36 bits per heavy atom. The Morgan fingerprint density at radius 1 is 1.21 bits per heavy atom. The molecule has 1 fully saturated rings. The number of amides is 1. The van der Waals surface area contributed by atoms with E-state index >= 15 is 0 Å². The Labute approximate surface area is 175 Å². The zero-order chi connectivity index (χ0) is 21.0. The van der Waals surface area contributed by atoms with Crippen LogP contribution in [0.15, 0.2) is 9.70 Å². The van der Waals surface area contributed by atoms with Crippen molar-refractivity contribution >= 4 is 46.1 Å². The molecule has 8 heteroatoms. The molecule has 0 aromatic carbocycles. The number of hydrogen-bond acceptors (Lipinski definition) is 6. The van der Waals surface area contributed by atoms with Crippen LogP contribution < -0.4 is 10.5 Å². The molecule has 2 heterocycles. The zero-order valence-corrected chi connectivity index (χ0v) is 18.7. The van der Waals surface area contributed by atoms with Crippen molar-refractivity contribution in [3.05, 3.63) is 31.9 Å². The maximum Gasteiger partial charge on any atom is 0.270 e. The van der Waals surface area contributed by atoms with Gasteiger partial charge >= 0.3 is 0 Å². The molecule has 0 spiro atoms. The fourth-order valence-electron chi connectivity index (χ4n) is 3.35. The van der Waals surface area contributed by atoms with E-state index in [0.717, 1.165) is 17.8 Å². The Bertz CT molecular complexity index is 924. The van der Waals surface area contributed by atoms with Gasteiger partial charge in [0.2, 0.25) is 0 Å². The van der Waals surface area contributed by atoms with Crippen molar-refractivity contribution in [1.29, 1.82) is 5.26 Å². The lowest BCUT2D eigenvalue weighted by molar-refractivity contribution is -0.122. The largest absolute Gasteiger partial charge is 0.358 e. The fraction of sp³-hybridized carbons (Fsp3) is 0.500. The van der Waals surface area contributed by atoms with Crippen LogP contribution in [0.5, 0.6) is 0 Å². The van der Waals surface area contributed by atoms with Crippen LogP contribution in [0.25, 0.3) is 6.08 Å². The first-order valence-electron chi connectivity index (χ1n) is 9.53. The van der Waals surface area contributed by atoms with Crippen molar-refractivity contribution in [2.24, 2.45) is 0 Å². The molecule has 1 aliphatic heterocycles. The highest BCUT2D eigenvalue weighted by Gasteiger charge is 2.32. The van der Waals surface area contributed by atoms with Crippen molar-refractivity contribution in [2.75, 3.05) is 24.5 Å². The molecule has 2 rings (SSSR count). The average molecular weight is 419 g/mol. The first-order valence-corrected chi connectivity index (χ1v) is 10.8. The summed E-state index contributed by atoms with van der Waals surface area (Å²) in [6, 6.07) is 2.05. The molecule has 0 aliphatic carbocycles. The summed E-state index contributed by atoms with van der Waals surface area (Å²) < 4.78 is 2.17. The minimum atomic E-state index is -0.292. The Balaban J connectivity index is 2.79. The van der Waals surface area contributed by atoms with Crippen LogP contribution in [0, 0.1) is 18.3 Å². The Morgan fingerprint density at radius 2 is 1.86 bits per heavy atom. The number of rotatable bonds is 7. The van der Waals surface area contributed by atoms with E-state index in [0.29, 0.717) is 41.0 Å². The van der Waals surface area contributed by atoms with Gasteiger partial charge in [0.05, 0.1) is 4.91 Å². The number of pyridine rings is 1. The van der Waals surface area contributed by atoms with Crippen molar-refractivity contribution in [3.8, 4) is 6.07 Å². The molecule has 0 N–H and O–H groups in total. The van der Waals surface area contributed by atoms with E-state index in [2.05, 4.69) is 4.90 Å². The van der Waals surface area contributed by atoms with Gasteiger partial charge in [0.25, 0.3) is 11.5 Å². The van der Waals surface area contributed by atoms with E-state index in [1.807, 2.05) is 33.8 Å². The predicted molar refractivity (Wildman–Crippen MR) is 120 cm³/mol. The molecule has 28 heavy (non-hydrogen) atoms. The van der Waals surface area contributed by atoms with Gasteiger partial charge in [-0.1, -0.05) is 30.9 Å². The molecular weight excluding hydrogens is 392 g/mol. The standard InChI is InChI=1S/C20H26N4O2S2/c1-6-10-24-19(26)16(28-20(24)27)11-14-13(5)15(12-21)18(25)23(9-4)17(14)22(7-2)8-3/h11H,6-10H2,1-5H3/b16-11-. The van der Waals surface area contributed by atoms with Crippen LogP contribution >= 0.6 is 24.0 Å². The smallest absolute Gasteiger partial charge is 0.270 e. The summed E-state index contributed by atoms with van der Waals surface area (Å²) in [5.41, 5.74) is 1.16. The van der Waals surface area contributed by atoms with Gasteiger partial charge in [-0.2, -0.15) is 5.26 Å². The van der Waals surface area contributed by atoms with Gasteiger partial charge in [-0.3, -0.25) is 19.1 Å². The van der Waals surface area contributed by atoms with Gasteiger partial charge in [0.1, 0.15) is 21.8 Å². The molecule has 1 aromatic heterocycles. The van der Waals surface area contributed by atoms with E-state index in [1.165, 1.54) is 11.8 Å². The first-order chi connectivity index (χ1) is 13.4. The molecular formula is C20H26N4O2S2. The van der Waals surface area contributed by atoms with Gasteiger partial charge in [-0.15, -0.1) is 0 Å². The number of nitriles is 1. The lowest BCUT2D eigenvalue weighted by atomic mass is 10.0. The Kier molecular flexibility index (Phi) is 7.44. The van der Waals surface area contributed by atoms with Crippen LogP contribution in [0.4, 0.5) is 5.82 Å². The molecule has 1 aromatic rings. The summed E-state index contributed by atoms with van der Waals surface area (Å²) >= 11 is 6.64. The molecule has 0 atom stereocenters. The number of thiocarbonyl (C=S) groups is 1. The molecule has 1 saturated heterocycles. The summed E-state index contributed by atoms with van der Waals surface area (Å²) in [6.07, 6.45) is 2.62. The van der Waals surface area contributed by atoms with Gasteiger partial charge in [-0.25, -0.2) is 0 Å². The maximum absolute atomic E-state index is 12.8. The summed E-state index contributed by atoms with van der Waals surface area (Å²) in [5, 5.41) is 9.56. The van der Waals surface area contributed by atoms with E-state index in [-0.39, 0.29) is 17.0 Å². The third-order valence-corrected chi connectivity index (χ3v) is 6.20. The van der Waals surface area contributed by atoms with Crippen LogP contribution in [-0.2, 0) is 11.3 Å². The number of thioether (sulfide) groups is 1. The molecule has 0 radical (unpaired) electrons. The second-order valence-electron chi connectivity index (χ2n) is 6.40. The normalized spacial score (nSPS) is 15.4. The van der Waals surface area contributed by atoms with Crippen molar-refractivity contribution in [2.45, 2.75) is 47.6 Å². The fourth-order valence-corrected chi connectivity index (χ4v) is 4.64. The van der Waals surface area contributed by atoms with E-state index < -0.39 is 0 Å². The van der Waals surface area contributed by atoms with E-state index in [1.54, 1.807) is 22.5 Å². The van der Waals surface area contributed by atoms with Crippen LogP contribution in [-0.4, -0.2) is 39.3 Å². The number of carbonyl (C=O) groups is 1. The number of hydrogen-bond donors (Lipinski definition) is 0. The van der Waals surface area contributed by atoms with Crippen molar-refractivity contribution < 1.29 is 4.79 Å². The van der Waals surface area contributed by atoms with Crippen molar-refractivity contribution in [1.82, 2.24) is 9.47 Å². The highest BCUT2D eigenvalue weighted by Crippen LogP contribution is 2.35. The maximum atomic E-state index is 12.8. The zero-order valence-electron chi connectivity index (χ0n) is 17.0. The molecule has 1 amide bonds. The number of anilines is 1. The van der Waals surface area contributed by atoms with Gasteiger partial charge in [0, 0.05) is 31.7 Å². The number of carbonyl (C=O) groups excluding carboxylic acids is 1. The molecule has 0 bridgehead atoms. The highest BCUT2D eigenvalue weighted by atomic mass is 32.2. The average Bonchev–Trinajstić information content (AvgIpc) is 2.94. The van der Waals surface area contributed by atoms with Gasteiger partial charge in [0.15, 0.2) is 0 Å². The molecule has 150 valence electrons. The molecule has 6 nitrogen and oxygen atoms in total. The second kappa shape index (κ2) is 9.39. The van der Waals surface area contributed by atoms with Crippen LogP contribution in [0.2, 0.25) is 0 Å². The third kappa shape index (κ3) is 3.87. The minimum absolute atomic E-state index is 0.116. The Hall–Kier alpha value is -2.11. The summed E-state index contributed by atoms with van der Waals surface area (Å²) in [6.45, 7) is 12.1. The first kappa shape index (κ1) is 22.2. The summed E-state index contributed by atoms with van der Waals surface area (Å²) in [7, 11) is 0. The quantitative estimate of drug-likeness (QED) is 0.499. The molecule has 1 aliphatic rings. The minimum Gasteiger partial charge on any atom is -0.358 e. The predicted octanol–water partition coefficient (Wildman–Crippen LogP) is 3.51.